The summed E-state index contributed by atoms with van der Waals surface area (Å²) in [5, 5.41) is 0. The number of carbonyl (C=O) groups excluding carboxylic acids is 1. The maximum atomic E-state index is 12.6. The molecule has 0 aromatic heterocycles. The van der Waals surface area contributed by atoms with Crippen LogP contribution in [0.3, 0.4) is 0 Å². The van der Waals surface area contributed by atoms with E-state index in [2.05, 4.69) is 20.8 Å². The molecule has 2 bridgehead atoms. The summed E-state index contributed by atoms with van der Waals surface area (Å²) in [6.07, 6.45) is 10.7. The molecule has 6 atom stereocenters. The fourth-order valence-electron chi connectivity index (χ4n) is 7.56. The van der Waals surface area contributed by atoms with Crippen molar-refractivity contribution in [3.05, 3.63) is 0 Å². The van der Waals surface area contributed by atoms with Gasteiger partial charge < -0.3 is 5.73 Å². The van der Waals surface area contributed by atoms with Crippen LogP contribution in [0.4, 0.5) is 0 Å². The van der Waals surface area contributed by atoms with Crippen LogP contribution in [0.15, 0.2) is 0 Å². The molecule has 4 aliphatic rings. The smallest absolute Gasteiger partial charge is 0.139 e. The van der Waals surface area contributed by atoms with Crippen molar-refractivity contribution < 1.29 is 4.79 Å². The molecule has 21 heavy (non-hydrogen) atoms. The third-order valence-electron chi connectivity index (χ3n) is 8.40. The maximum absolute atomic E-state index is 12.6. The minimum Gasteiger partial charge on any atom is -0.325 e. The minimum atomic E-state index is 0.0119. The van der Waals surface area contributed by atoms with E-state index in [0.717, 1.165) is 18.8 Å². The topological polar surface area (TPSA) is 43.1 Å². The lowest BCUT2D eigenvalue weighted by molar-refractivity contribution is -0.133. The highest BCUT2D eigenvalue weighted by atomic mass is 16.1. The Morgan fingerprint density at radius 1 is 1.00 bits per heavy atom. The molecule has 2 nitrogen and oxygen atoms in total. The predicted molar refractivity (Wildman–Crippen MR) is 84.8 cm³/mol. The molecule has 0 saturated heterocycles. The van der Waals surface area contributed by atoms with Gasteiger partial charge in [-0.15, -0.1) is 0 Å². The molecule has 0 amide bonds. The van der Waals surface area contributed by atoms with Crippen LogP contribution in [0.2, 0.25) is 0 Å². The number of ketones is 1. The highest BCUT2D eigenvalue weighted by Gasteiger charge is 2.66. The third-order valence-corrected chi connectivity index (χ3v) is 8.40. The molecule has 0 aromatic rings. The molecular weight excluding hydrogens is 258 g/mol. The second-order valence-corrected chi connectivity index (χ2v) is 9.75. The van der Waals surface area contributed by atoms with Gasteiger partial charge in [-0.3, -0.25) is 4.79 Å². The summed E-state index contributed by atoms with van der Waals surface area (Å²) < 4.78 is 0. The second kappa shape index (κ2) is 3.93. The number of hydrogen-bond donors (Lipinski definition) is 1. The first kappa shape index (κ1) is 14.2. The summed E-state index contributed by atoms with van der Waals surface area (Å²) in [5.41, 5.74) is 7.46. The van der Waals surface area contributed by atoms with Gasteiger partial charge in [-0.05, 0) is 74.5 Å². The normalized spacial score (nSPS) is 59.5. The van der Waals surface area contributed by atoms with Crippen molar-refractivity contribution in [3.63, 3.8) is 0 Å². The molecule has 1 spiro atoms. The molecular formula is C19H31NO. The Morgan fingerprint density at radius 2 is 1.71 bits per heavy atom. The number of hydrogen-bond acceptors (Lipinski definition) is 2. The fourth-order valence-corrected chi connectivity index (χ4v) is 7.56. The van der Waals surface area contributed by atoms with Gasteiger partial charge in [-0.2, -0.15) is 0 Å². The highest BCUT2D eigenvalue weighted by molar-refractivity contribution is 5.88. The molecule has 0 aliphatic heterocycles. The molecule has 0 radical (unpaired) electrons. The van der Waals surface area contributed by atoms with Crippen LogP contribution >= 0.6 is 0 Å². The average Bonchev–Trinajstić information content (AvgIpc) is 2.54. The van der Waals surface area contributed by atoms with E-state index in [9.17, 15) is 4.79 Å². The summed E-state index contributed by atoms with van der Waals surface area (Å²) in [5.74, 6) is 1.97. The van der Waals surface area contributed by atoms with Gasteiger partial charge >= 0.3 is 0 Å². The molecule has 2 heteroatoms. The van der Waals surface area contributed by atoms with E-state index in [0.29, 0.717) is 22.5 Å². The van der Waals surface area contributed by atoms with Crippen molar-refractivity contribution in [3.8, 4) is 0 Å². The molecule has 4 saturated carbocycles. The number of fused-ring (bicyclic) bond motifs is 3. The van der Waals surface area contributed by atoms with Crippen molar-refractivity contribution in [1.82, 2.24) is 0 Å². The highest BCUT2D eigenvalue weighted by Crippen LogP contribution is 2.71. The van der Waals surface area contributed by atoms with E-state index in [1.807, 2.05) is 0 Å². The van der Waals surface area contributed by atoms with Crippen molar-refractivity contribution in [2.24, 2.45) is 33.8 Å². The molecule has 0 aromatic carbocycles. The second-order valence-electron chi connectivity index (χ2n) is 9.75. The zero-order valence-electron chi connectivity index (χ0n) is 14.0. The van der Waals surface area contributed by atoms with Crippen molar-refractivity contribution in [1.29, 1.82) is 0 Å². The molecule has 0 unspecified atom stereocenters. The van der Waals surface area contributed by atoms with Crippen LogP contribution in [0.25, 0.3) is 0 Å². The van der Waals surface area contributed by atoms with Crippen LogP contribution < -0.4 is 5.73 Å². The molecule has 4 rings (SSSR count). The quantitative estimate of drug-likeness (QED) is 0.730. The number of rotatable bonds is 0. The first-order valence-electron chi connectivity index (χ1n) is 9.04. The van der Waals surface area contributed by atoms with Gasteiger partial charge in [0.1, 0.15) is 5.78 Å². The number of Topliss-reactive ketones (excluding diaryl/α,β-unsaturated/α-hetero) is 1. The molecule has 2 N–H and O–H groups in total. The van der Waals surface area contributed by atoms with E-state index >= 15 is 0 Å². The number of nitrogens with two attached hydrogens (primary N) is 1. The van der Waals surface area contributed by atoms with E-state index in [1.165, 1.54) is 44.9 Å². The predicted octanol–water partition coefficient (Wildman–Crippen LogP) is 4.07. The average molecular weight is 289 g/mol. The van der Waals surface area contributed by atoms with E-state index in [4.69, 9.17) is 5.73 Å². The van der Waals surface area contributed by atoms with Crippen LogP contribution in [0.1, 0.15) is 78.6 Å². The zero-order valence-corrected chi connectivity index (χ0v) is 14.0. The van der Waals surface area contributed by atoms with Crippen molar-refractivity contribution >= 4 is 5.78 Å². The summed E-state index contributed by atoms with van der Waals surface area (Å²) in [6, 6.07) is 0. The van der Waals surface area contributed by atoms with Gasteiger partial charge in [0, 0.05) is 17.4 Å². The van der Waals surface area contributed by atoms with Crippen LogP contribution in [0.5, 0.6) is 0 Å². The first-order chi connectivity index (χ1) is 9.72. The summed E-state index contributed by atoms with van der Waals surface area (Å²) in [7, 11) is 0. The number of carbonyl (C=O) groups is 1. The van der Waals surface area contributed by atoms with Gasteiger partial charge in [-0.1, -0.05) is 20.3 Å². The minimum absolute atomic E-state index is 0.0119. The van der Waals surface area contributed by atoms with Gasteiger partial charge in [0.15, 0.2) is 0 Å². The third kappa shape index (κ3) is 1.66. The van der Waals surface area contributed by atoms with Crippen LogP contribution in [-0.4, -0.2) is 11.3 Å². The van der Waals surface area contributed by atoms with Gasteiger partial charge in [0.05, 0.1) is 0 Å². The standard InChI is InChI=1S/C19H31NO/c1-16-9-5-14-17(2)7-4-8-18(3,20)13(17)6-10-19(14,12-16)11-15(16)21/h13-14H,4-12,20H2,1-3H3/t13-,14-,16-,17+,18+,19-/m0/s1. The summed E-state index contributed by atoms with van der Waals surface area (Å²) in [6.45, 7) is 7.06. The summed E-state index contributed by atoms with van der Waals surface area (Å²) in [4.78, 5) is 12.6. The lowest BCUT2D eigenvalue weighted by atomic mass is 9.42. The first-order valence-corrected chi connectivity index (χ1v) is 9.04. The Hall–Kier alpha value is -0.370. The zero-order chi connectivity index (χ0) is 15.1. The largest absolute Gasteiger partial charge is 0.325 e. The van der Waals surface area contributed by atoms with Crippen LogP contribution in [0, 0.1) is 28.1 Å². The lowest BCUT2D eigenvalue weighted by Crippen LogP contribution is -2.62. The van der Waals surface area contributed by atoms with Gasteiger partial charge in [0.2, 0.25) is 0 Å². The Labute approximate surface area is 129 Å². The van der Waals surface area contributed by atoms with Gasteiger partial charge in [-0.25, -0.2) is 0 Å². The molecule has 0 heterocycles. The lowest BCUT2D eigenvalue weighted by Gasteiger charge is -2.64. The van der Waals surface area contributed by atoms with E-state index in [1.54, 1.807) is 0 Å². The van der Waals surface area contributed by atoms with Crippen molar-refractivity contribution in [2.45, 2.75) is 84.1 Å². The molecule has 4 aliphatic carbocycles. The monoisotopic (exact) mass is 289 g/mol. The Morgan fingerprint density at radius 3 is 2.48 bits per heavy atom. The Kier molecular flexibility index (Phi) is 2.67. The Bertz CT molecular complexity index is 498. The fraction of sp³-hybridized carbons (Fsp3) is 0.947. The molecule has 118 valence electrons. The Balaban J connectivity index is 1.75. The SMILES string of the molecule is C[C@@]12CC[C@@H]3[C@@](CC[C@H]4[C@@]3(C)CCC[C@@]4(C)N)(CC1=O)C2. The van der Waals surface area contributed by atoms with E-state index in [-0.39, 0.29) is 11.0 Å². The van der Waals surface area contributed by atoms with Crippen molar-refractivity contribution in [2.75, 3.05) is 0 Å². The summed E-state index contributed by atoms with van der Waals surface area (Å²) >= 11 is 0. The van der Waals surface area contributed by atoms with Gasteiger partial charge in [0.25, 0.3) is 0 Å². The van der Waals surface area contributed by atoms with E-state index < -0.39 is 0 Å². The molecule has 4 fully saturated rings. The maximum Gasteiger partial charge on any atom is 0.139 e. The van der Waals surface area contributed by atoms with Crippen LogP contribution in [-0.2, 0) is 4.79 Å².